The van der Waals surface area contributed by atoms with Crippen LogP contribution in [-0.2, 0) is 13.1 Å². The molecule has 102 valence electrons. The van der Waals surface area contributed by atoms with E-state index in [0.29, 0.717) is 0 Å². The molecule has 0 amide bonds. The molecule has 0 aliphatic heterocycles. The van der Waals surface area contributed by atoms with Crippen molar-refractivity contribution in [1.29, 1.82) is 0 Å². The molecule has 3 aromatic rings. The maximum Gasteiger partial charge on any atom is 0.131 e. The minimum Gasteiger partial charge on any atom is -0.325 e. The molecule has 0 aliphatic carbocycles. The molecule has 0 atom stereocenters. The number of hydrogen-bond acceptors (Lipinski definition) is 2. The molecule has 1 heterocycles. The van der Waals surface area contributed by atoms with E-state index in [2.05, 4.69) is 5.10 Å². The van der Waals surface area contributed by atoms with Crippen LogP contribution in [0.2, 0.25) is 0 Å². The molecule has 2 aromatic carbocycles. The number of nitrogens with two attached hydrogens (primary N) is 1. The van der Waals surface area contributed by atoms with Crippen molar-refractivity contribution in [1.82, 2.24) is 9.78 Å². The highest BCUT2D eigenvalue weighted by Gasteiger charge is 2.13. The number of rotatable bonds is 3. The van der Waals surface area contributed by atoms with Gasteiger partial charge in [-0.3, -0.25) is 4.68 Å². The van der Waals surface area contributed by atoms with Crippen LogP contribution in [0.4, 0.5) is 8.78 Å². The van der Waals surface area contributed by atoms with E-state index in [0.717, 1.165) is 16.6 Å². The maximum absolute atomic E-state index is 13.7. The van der Waals surface area contributed by atoms with E-state index < -0.39 is 11.6 Å². The standard InChI is InChI=1S/C15H13F2N3/c16-12-5-3-6-13(17)11(12)9-20-15-7-2-1-4-10(15)14(8-18)19-20/h1-7H,8-9,18H2. The summed E-state index contributed by atoms with van der Waals surface area (Å²) in [6, 6.07) is 11.3. The first-order chi connectivity index (χ1) is 9.70. The van der Waals surface area contributed by atoms with Gasteiger partial charge in [-0.15, -0.1) is 0 Å². The summed E-state index contributed by atoms with van der Waals surface area (Å²) in [6.45, 7) is 0.326. The molecule has 2 N–H and O–H groups in total. The summed E-state index contributed by atoms with van der Waals surface area (Å²) in [5.41, 5.74) is 7.20. The van der Waals surface area contributed by atoms with Gasteiger partial charge in [0.2, 0.25) is 0 Å². The van der Waals surface area contributed by atoms with Gasteiger partial charge < -0.3 is 5.73 Å². The van der Waals surface area contributed by atoms with E-state index in [-0.39, 0.29) is 18.7 Å². The fourth-order valence-electron chi connectivity index (χ4n) is 2.30. The molecule has 0 unspecified atom stereocenters. The molecule has 5 heteroatoms. The molecule has 3 rings (SSSR count). The van der Waals surface area contributed by atoms with Gasteiger partial charge in [0, 0.05) is 17.5 Å². The molecule has 0 aliphatic rings. The lowest BCUT2D eigenvalue weighted by atomic mass is 10.2. The fourth-order valence-corrected chi connectivity index (χ4v) is 2.30. The van der Waals surface area contributed by atoms with Crippen molar-refractivity contribution in [3.8, 4) is 0 Å². The zero-order chi connectivity index (χ0) is 14.1. The van der Waals surface area contributed by atoms with Gasteiger partial charge >= 0.3 is 0 Å². The molecule has 1 aromatic heterocycles. The lowest BCUT2D eigenvalue weighted by Gasteiger charge is -2.06. The Balaban J connectivity index is 2.12. The van der Waals surface area contributed by atoms with Crippen molar-refractivity contribution in [2.24, 2.45) is 5.73 Å². The predicted octanol–water partition coefficient (Wildman–Crippen LogP) is 2.82. The Bertz CT molecular complexity index is 745. The van der Waals surface area contributed by atoms with Crippen LogP contribution in [0.5, 0.6) is 0 Å². The maximum atomic E-state index is 13.7. The van der Waals surface area contributed by atoms with E-state index in [9.17, 15) is 8.78 Å². The van der Waals surface area contributed by atoms with E-state index >= 15 is 0 Å². The van der Waals surface area contributed by atoms with Gasteiger partial charge in [0.05, 0.1) is 17.8 Å². The Kier molecular flexibility index (Phi) is 3.20. The smallest absolute Gasteiger partial charge is 0.131 e. The number of hydrogen-bond donors (Lipinski definition) is 1. The molecular formula is C15H13F2N3. The second-order valence-corrected chi connectivity index (χ2v) is 4.53. The molecule has 0 saturated heterocycles. The number of fused-ring (bicyclic) bond motifs is 1. The monoisotopic (exact) mass is 273 g/mol. The number of halogens is 2. The lowest BCUT2D eigenvalue weighted by Crippen LogP contribution is -2.07. The summed E-state index contributed by atoms with van der Waals surface area (Å²) in [5, 5.41) is 5.25. The number of aromatic nitrogens is 2. The van der Waals surface area contributed by atoms with E-state index in [1.807, 2.05) is 24.3 Å². The van der Waals surface area contributed by atoms with E-state index in [1.165, 1.54) is 18.2 Å². The van der Waals surface area contributed by atoms with Gasteiger partial charge in [-0.2, -0.15) is 5.10 Å². The van der Waals surface area contributed by atoms with Gasteiger partial charge in [-0.05, 0) is 18.2 Å². The van der Waals surface area contributed by atoms with Crippen molar-refractivity contribution >= 4 is 10.9 Å². The van der Waals surface area contributed by atoms with E-state index in [1.54, 1.807) is 4.68 Å². The van der Waals surface area contributed by atoms with Crippen LogP contribution in [0, 0.1) is 11.6 Å². The number of nitrogens with zero attached hydrogens (tertiary/aromatic N) is 2. The Hall–Kier alpha value is -2.27. The van der Waals surface area contributed by atoms with Crippen LogP contribution < -0.4 is 5.73 Å². The first-order valence-corrected chi connectivity index (χ1v) is 6.28. The molecular weight excluding hydrogens is 260 g/mol. The fraction of sp³-hybridized carbons (Fsp3) is 0.133. The molecule has 20 heavy (non-hydrogen) atoms. The Labute approximate surface area is 114 Å². The van der Waals surface area contributed by atoms with Crippen molar-refractivity contribution in [2.45, 2.75) is 13.1 Å². The third-order valence-electron chi connectivity index (χ3n) is 3.30. The van der Waals surface area contributed by atoms with Crippen LogP contribution in [0.3, 0.4) is 0 Å². The zero-order valence-electron chi connectivity index (χ0n) is 10.7. The summed E-state index contributed by atoms with van der Waals surface area (Å²) < 4.78 is 29.0. The second kappa shape index (κ2) is 5.02. The normalized spacial score (nSPS) is 11.2. The van der Waals surface area contributed by atoms with Crippen LogP contribution in [0.15, 0.2) is 42.5 Å². The minimum atomic E-state index is -0.570. The predicted molar refractivity (Wildman–Crippen MR) is 73.1 cm³/mol. The molecule has 0 saturated carbocycles. The summed E-state index contributed by atoms with van der Waals surface area (Å²) in [7, 11) is 0. The van der Waals surface area contributed by atoms with Gasteiger partial charge in [0.25, 0.3) is 0 Å². The first kappa shape index (κ1) is 12.7. The quantitative estimate of drug-likeness (QED) is 0.797. The number of benzene rings is 2. The third-order valence-corrected chi connectivity index (χ3v) is 3.30. The SMILES string of the molecule is NCc1nn(Cc2c(F)cccc2F)c2ccccc12. The van der Waals surface area contributed by atoms with Gasteiger partial charge in [0.15, 0.2) is 0 Å². The molecule has 0 bridgehead atoms. The highest BCUT2D eigenvalue weighted by atomic mass is 19.1. The minimum absolute atomic E-state index is 0.00400. The second-order valence-electron chi connectivity index (χ2n) is 4.53. The van der Waals surface area contributed by atoms with Crippen molar-refractivity contribution < 1.29 is 8.78 Å². The summed E-state index contributed by atoms with van der Waals surface area (Å²) in [4.78, 5) is 0. The van der Waals surface area contributed by atoms with Crippen molar-refractivity contribution in [3.63, 3.8) is 0 Å². The van der Waals surface area contributed by atoms with Gasteiger partial charge in [-0.25, -0.2) is 8.78 Å². The van der Waals surface area contributed by atoms with Crippen LogP contribution >= 0.6 is 0 Å². The average molecular weight is 273 g/mol. The summed E-state index contributed by atoms with van der Waals surface area (Å²) >= 11 is 0. The van der Waals surface area contributed by atoms with Crippen LogP contribution in [0.25, 0.3) is 10.9 Å². The van der Waals surface area contributed by atoms with Crippen molar-refractivity contribution in [3.05, 3.63) is 65.4 Å². The Morgan fingerprint density at radius 3 is 2.40 bits per heavy atom. The van der Waals surface area contributed by atoms with Crippen molar-refractivity contribution in [2.75, 3.05) is 0 Å². The third kappa shape index (κ3) is 2.06. The van der Waals surface area contributed by atoms with E-state index in [4.69, 9.17) is 5.73 Å². The first-order valence-electron chi connectivity index (χ1n) is 6.28. The van der Waals surface area contributed by atoms with Gasteiger partial charge in [-0.1, -0.05) is 24.3 Å². The highest BCUT2D eigenvalue weighted by Crippen LogP contribution is 2.21. The molecule has 0 fully saturated rings. The van der Waals surface area contributed by atoms with Crippen LogP contribution in [-0.4, -0.2) is 9.78 Å². The highest BCUT2D eigenvalue weighted by molar-refractivity contribution is 5.82. The Morgan fingerprint density at radius 2 is 1.70 bits per heavy atom. The Morgan fingerprint density at radius 1 is 1.00 bits per heavy atom. The topological polar surface area (TPSA) is 43.8 Å². The summed E-state index contributed by atoms with van der Waals surface area (Å²) in [5.74, 6) is -1.14. The lowest BCUT2D eigenvalue weighted by molar-refractivity contribution is 0.535. The largest absolute Gasteiger partial charge is 0.325 e. The molecule has 3 nitrogen and oxygen atoms in total. The molecule has 0 radical (unpaired) electrons. The number of para-hydroxylation sites is 1. The van der Waals surface area contributed by atoms with Crippen LogP contribution in [0.1, 0.15) is 11.3 Å². The summed E-state index contributed by atoms with van der Waals surface area (Å²) in [6.07, 6.45) is 0. The average Bonchev–Trinajstić information content (AvgIpc) is 2.81. The van der Waals surface area contributed by atoms with Gasteiger partial charge in [0.1, 0.15) is 11.6 Å². The molecule has 0 spiro atoms. The zero-order valence-corrected chi connectivity index (χ0v) is 10.7.